The van der Waals surface area contributed by atoms with Crippen molar-refractivity contribution in [3.8, 4) is 0 Å². The van der Waals surface area contributed by atoms with Gasteiger partial charge in [-0.25, -0.2) is 5.43 Å². The van der Waals surface area contributed by atoms with Crippen LogP contribution in [-0.2, 0) is 9.59 Å². The van der Waals surface area contributed by atoms with Crippen molar-refractivity contribution in [1.82, 2.24) is 5.43 Å². The molecule has 0 saturated carbocycles. The number of halogens is 1. The van der Waals surface area contributed by atoms with E-state index in [0.717, 1.165) is 32.8 Å². The summed E-state index contributed by atoms with van der Waals surface area (Å²) >= 11 is 5.93. The minimum Gasteiger partial charge on any atom is -0.312 e. The first-order valence-corrected chi connectivity index (χ1v) is 10.8. The third-order valence-electron chi connectivity index (χ3n) is 5.82. The second-order valence-corrected chi connectivity index (χ2v) is 8.29. The Morgan fingerprint density at radius 1 is 0.969 bits per heavy atom. The zero-order chi connectivity index (χ0) is 22.1. The van der Waals surface area contributed by atoms with Crippen LogP contribution in [0.15, 0.2) is 84.0 Å². The number of carbonyl (C=O) groups excluding carboxylic acids is 2. The van der Waals surface area contributed by atoms with Gasteiger partial charge in [0.2, 0.25) is 11.8 Å². The van der Waals surface area contributed by atoms with Crippen molar-refractivity contribution in [2.24, 2.45) is 11.0 Å². The van der Waals surface area contributed by atoms with Crippen LogP contribution < -0.4 is 10.3 Å². The van der Waals surface area contributed by atoms with Gasteiger partial charge >= 0.3 is 0 Å². The van der Waals surface area contributed by atoms with E-state index in [1.807, 2.05) is 36.4 Å². The number of amides is 2. The highest BCUT2D eigenvalue weighted by molar-refractivity contribution is 6.30. The summed E-state index contributed by atoms with van der Waals surface area (Å²) in [5, 5.41) is 9.20. The summed E-state index contributed by atoms with van der Waals surface area (Å²) in [6.45, 7) is 0.318. The Balaban J connectivity index is 1.35. The summed E-state index contributed by atoms with van der Waals surface area (Å²) in [5.41, 5.74) is 4.32. The van der Waals surface area contributed by atoms with Gasteiger partial charge in [0.1, 0.15) is 0 Å². The van der Waals surface area contributed by atoms with E-state index in [9.17, 15) is 9.59 Å². The Morgan fingerprint density at radius 3 is 2.25 bits per heavy atom. The molecule has 4 aromatic rings. The highest BCUT2D eigenvalue weighted by Gasteiger charge is 2.35. The molecule has 0 aliphatic carbocycles. The van der Waals surface area contributed by atoms with E-state index >= 15 is 0 Å². The van der Waals surface area contributed by atoms with Crippen molar-refractivity contribution in [3.05, 3.63) is 89.4 Å². The van der Waals surface area contributed by atoms with Crippen LogP contribution in [-0.4, -0.2) is 24.6 Å². The molecular weight excluding hydrogens is 422 g/mol. The number of hydrogen-bond donors (Lipinski definition) is 1. The molecule has 1 heterocycles. The van der Waals surface area contributed by atoms with E-state index in [1.165, 1.54) is 0 Å². The Morgan fingerprint density at radius 2 is 1.59 bits per heavy atom. The molecule has 1 saturated heterocycles. The molecule has 0 aromatic heterocycles. The predicted molar refractivity (Wildman–Crippen MR) is 129 cm³/mol. The summed E-state index contributed by atoms with van der Waals surface area (Å²) in [5.74, 6) is -0.813. The van der Waals surface area contributed by atoms with E-state index in [4.69, 9.17) is 11.6 Å². The number of hydrazone groups is 1. The Kier molecular flexibility index (Phi) is 5.33. The third kappa shape index (κ3) is 3.83. The summed E-state index contributed by atoms with van der Waals surface area (Å²) in [6, 6.07) is 25.4. The second kappa shape index (κ2) is 8.44. The molecule has 6 heteroatoms. The SMILES string of the molecule is O=C(N/N=C/c1c2ccccc2cc2ccccc12)C1CC(=O)N(c2ccc(Cl)cc2)C1. The van der Waals surface area contributed by atoms with Gasteiger partial charge in [-0.1, -0.05) is 60.1 Å². The van der Waals surface area contributed by atoms with Crippen LogP contribution in [0, 0.1) is 5.92 Å². The molecule has 4 aromatic carbocycles. The van der Waals surface area contributed by atoms with Gasteiger partial charge in [0, 0.05) is 29.2 Å². The van der Waals surface area contributed by atoms with Crippen LogP contribution in [0.4, 0.5) is 5.69 Å². The van der Waals surface area contributed by atoms with Crippen molar-refractivity contribution >= 4 is 56.9 Å². The normalized spacial score (nSPS) is 16.3. The molecule has 5 rings (SSSR count). The fraction of sp³-hybridized carbons (Fsp3) is 0.115. The molecule has 1 aliphatic rings. The quantitative estimate of drug-likeness (QED) is 0.270. The number of anilines is 1. The number of benzene rings is 4. The Labute approximate surface area is 190 Å². The maximum absolute atomic E-state index is 12.7. The van der Waals surface area contributed by atoms with Crippen molar-refractivity contribution in [3.63, 3.8) is 0 Å². The van der Waals surface area contributed by atoms with Gasteiger partial charge in [-0.05, 0) is 51.9 Å². The molecule has 1 N–H and O–H groups in total. The highest BCUT2D eigenvalue weighted by atomic mass is 35.5. The van der Waals surface area contributed by atoms with E-state index in [2.05, 4.69) is 28.7 Å². The molecule has 0 spiro atoms. The van der Waals surface area contributed by atoms with E-state index < -0.39 is 5.92 Å². The first-order chi connectivity index (χ1) is 15.6. The minimum atomic E-state index is -0.459. The average Bonchev–Trinajstić information content (AvgIpc) is 3.20. The molecule has 5 nitrogen and oxygen atoms in total. The lowest BCUT2D eigenvalue weighted by Gasteiger charge is -2.16. The van der Waals surface area contributed by atoms with Crippen molar-refractivity contribution in [1.29, 1.82) is 0 Å². The van der Waals surface area contributed by atoms with Crippen LogP contribution in [0.5, 0.6) is 0 Å². The lowest BCUT2D eigenvalue weighted by Crippen LogP contribution is -2.30. The van der Waals surface area contributed by atoms with E-state index in [-0.39, 0.29) is 18.2 Å². The first kappa shape index (κ1) is 20.2. The monoisotopic (exact) mass is 441 g/mol. The number of fused-ring (bicyclic) bond motifs is 2. The summed E-state index contributed by atoms with van der Waals surface area (Å²) in [4.78, 5) is 26.8. The molecule has 1 fully saturated rings. The zero-order valence-corrected chi connectivity index (χ0v) is 17.9. The molecule has 0 bridgehead atoms. The van der Waals surface area contributed by atoms with Gasteiger partial charge in [-0.2, -0.15) is 5.10 Å². The van der Waals surface area contributed by atoms with Gasteiger partial charge in [-0.3, -0.25) is 9.59 Å². The maximum Gasteiger partial charge on any atom is 0.245 e. The molecule has 0 radical (unpaired) electrons. The van der Waals surface area contributed by atoms with Gasteiger partial charge < -0.3 is 4.90 Å². The van der Waals surface area contributed by atoms with Gasteiger partial charge in [0.15, 0.2) is 0 Å². The molecule has 32 heavy (non-hydrogen) atoms. The number of hydrogen-bond acceptors (Lipinski definition) is 3. The number of rotatable bonds is 4. The number of nitrogens with one attached hydrogen (secondary N) is 1. The van der Waals surface area contributed by atoms with Gasteiger partial charge in [0.25, 0.3) is 0 Å². The summed E-state index contributed by atoms with van der Waals surface area (Å²) < 4.78 is 0. The second-order valence-electron chi connectivity index (χ2n) is 7.85. The molecule has 158 valence electrons. The van der Waals surface area contributed by atoms with Crippen LogP contribution in [0.3, 0.4) is 0 Å². The number of carbonyl (C=O) groups is 2. The predicted octanol–water partition coefficient (Wildman–Crippen LogP) is 5.15. The van der Waals surface area contributed by atoms with Crippen LogP contribution in [0.2, 0.25) is 5.02 Å². The molecule has 1 unspecified atom stereocenters. The zero-order valence-electron chi connectivity index (χ0n) is 17.2. The lowest BCUT2D eigenvalue weighted by atomic mass is 9.97. The Hall–Kier alpha value is -3.70. The van der Waals surface area contributed by atoms with Crippen LogP contribution >= 0.6 is 11.6 Å². The molecule has 2 amide bonds. The van der Waals surface area contributed by atoms with E-state index in [1.54, 1.807) is 35.4 Å². The topological polar surface area (TPSA) is 61.8 Å². The largest absolute Gasteiger partial charge is 0.312 e. The van der Waals surface area contributed by atoms with Crippen molar-refractivity contribution in [2.45, 2.75) is 6.42 Å². The van der Waals surface area contributed by atoms with Crippen molar-refractivity contribution < 1.29 is 9.59 Å². The smallest absolute Gasteiger partial charge is 0.245 e. The standard InChI is InChI=1S/C26H20ClN3O2/c27-20-9-11-21(12-10-20)30-16-19(14-25(30)31)26(32)29-28-15-24-22-7-3-1-5-17(22)13-18-6-2-4-8-23(18)24/h1-13,15,19H,14,16H2,(H,29,32)/b28-15+. The highest BCUT2D eigenvalue weighted by Crippen LogP contribution is 2.28. The third-order valence-corrected chi connectivity index (χ3v) is 6.07. The maximum atomic E-state index is 12.7. The van der Waals surface area contributed by atoms with Gasteiger partial charge in [-0.15, -0.1) is 0 Å². The fourth-order valence-corrected chi connectivity index (χ4v) is 4.32. The molecule has 1 aliphatic heterocycles. The van der Waals surface area contributed by atoms with Crippen LogP contribution in [0.25, 0.3) is 21.5 Å². The fourth-order valence-electron chi connectivity index (χ4n) is 4.19. The summed E-state index contributed by atoms with van der Waals surface area (Å²) in [7, 11) is 0. The summed E-state index contributed by atoms with van der Waals surface area (Å²) in [6.07, 6.45) is 1.84. The van der Waals surface area contributed by atoms with Crippen molar-refractivity contribution in [2.75, 3.05) is 11.4 Å². The van der Waals surface area contributed by atoms with Gasteiger partial charge in [0.05, 0.1) is 12.1 Å². The number of nitrogens with zero attached hydrogens (tertiary/aromatic N) is 2. The average molecular weight is 442 g/mol. The molecular formula is C26H20ClN3O2. The van der Waals surface area contributed by atoms with E-state index in [0.29, 0.717) is 11.6 Å². The Bertz CT molecular complexity index is 1310. The molecule has 1 atom stereocenters. The van der Waals surface area contributed by atoms with Crippen LogP contribution in [0.1, 0.15) is 12.0 Å². The minimum absolute atomic E-state index is 0.0866. The first-order valence-electron chi connectivity index (χ1n) is 10.4. The lowest BCUT2D eigenvalue weighted by molar-refractivity contribution is -0.126.